The van der Waals surface area contributed by atoms with Gasteiger partial charge in [-0.25, -0.2) is 0 Å². The number of hydrogen-bond donors (Lipinski definition) is 0. The maximum absolute atomic E-state index is 12.9. The molecular weight excluding hydrogens is 356 g/mol. The summed E-state index contributed by atoms with van der Waals surface area (Å²) in [4.78, 5) is 42.5. The molecule has 1 atom stereocenters. The molecule has 7 nitrogen and oxygen atoms in total. The number of amides is 2. The maximum atomic E-state index is 12.9. The highest BCUT2D eigenvalue weighted by molar-refractivity contribution is 5.94. The Balaban J connectivity index is 1.56. The zero-order valence-corrected chi connectivity index (χ0v) is 16.9. The quantitative estimate of drug-likeness (QED) is 0.546. The predicted octanol–water partition coefficient (Wildman–Crippen LogP) is 1.30. The first-order valence-corrected chi connectivity index (χ1v) is 9.95. The Bertz CT molecular complexity index is 770. The largest absolute Gasteiger partial charge is 0.353 e. The fraction of sp³-hybridized carbons (Fsp3) is 0.571. The Hall–Kier alpha value is -2.41. The fourth-order valence-electron chi connectivity index (χ4n) is 4.07. The number of ketones is 1. The summed E-state index contributed by atoms with van der Waals surface area (Å²) in [6.45, 7) is 10.1. The molecule has 1 aromatic heterocycles. The summed E-state index contributed by atoms with van der Waals surface area (Å²) in [5.74, 6) is -0.0183. The van der Waals surface area contributed by atoms with Crippen molar-refractivity contribution in [1.29, 1.82) is 0 Å². The van der Waals surface area contributed by atoms with Crippen molar-refractivity contribution in [2.75, 3.05) is 39.3 Å². The molecule has 0 spiro atoms. The van der Waals surface area contributed by atoms with Crippen molar-refractivity contribution < 1.29 is 14.4 Å². The van der Waals surface area contributed by atoms with Crippen molar-refractivity contribution in [2.24, 2.45) is 13.0 Å². The van der Waals surface area contributed by atoms with E-state index < -0.39 is 0 Å². The van der Waals surface area contributed by atoms with E-state index in [0.717, 1.165) is 43.9 Å². The molecule has 3 rings (SSSR count). The van der Waals surface area contributed by atoms with Crippen LogP contribution in [-0.4, -0.2) is 76.1 Å². The zero-order valence-electron chi connectivity index (χ0n) is 16.9. The molecule has 28 heavy (non-hydrogen) atoms. The van der Waals surface area contributed by atoms with Crippen molar-refractivity contribution in [3.05, 3.63) is 36.2 Å². The Kier molecular flexibility index (Phi) is 6.34. The van der Waals surface area contributed by atoms with Crippen LogP contribution in [0.25, 0.3) is 0 Å². The highest BCUT2D eigenvalue weighted by Crippen LogP contribution is 2.21. The van der Waals surface area contributed by atoms with Gasteiger partial charge in [0.05, 0.1) is 5.92 Å². The molecule has 1 unspecified atom stereocenters. The van der Waals surface area contributed by atoms with E-state index in [1.54, 1.807) is 17.9 Å². The average Bonchev–Trinajstić information content (AvgIpc) is 3.10. The van der Waals surface area contributed by atoms with E-state index in [9.17, 15) is 14.4 Å². The minimum Gasteiger partial charge on any atom is -0.353 e. The number of likely N-dealkylation sites (tertiary alicyclic amines) is 1. The third kappa shape index (κ3) is 4.52. The SMILES string of the molecule is C=CCN1CC(C(=O)N2CCCN(Cc3cc(C(C)=O)cn3C)CC2)CC1=O. The number of Topliss-reactive ketones (excluding diaryl/α,β-unsaturated/α-hetero) is 1. The van der Waals surface area contributed by atoms with Gasteiger partial charge in [0.15, 0.2) is 5.78 Å². The van der Waals surface area contributed by atoms with E-state index in [0.29, 0.717) is 26.1 Å². The molecule has 0 aliphatic carbocycles. The summed E-state index contributed by atoms with van der Waals surface area (Å²) in [7, 11) is 1.96. The van der Waals surface area contributed by atoms with Gasteiger partial charge in [-0.2, -0.15) is 0 Å². The number of carbonyl (C=O) groups excluding carboxylic acids is 3. The topological polar surface area (TPSA) is 65.9 Å². The molecule has 0 bridgehead atoms. The van der Waals surface area contributed by atoms with E-state index in [1.165, 1.54) is 0 Å². The zero-order chi connectivity index (χ0) is 20.3. The molecule has 0 aromatic carbocycles. The minimum absolute atomic E-state index is 0.0414. The molecule has 7 heteroatoms. The fourth-order valence-corrected chi connectivity index (χ4v) is 4.07. The molecular formula is C21H30N4O3. The number of hydrogen-bond acceptors (Lipinski definition) is 4. The average molecular weight is 386 g/mol. The Labute approximate surface area is 166 Å². The first kappa shape index (κ1) is 20.3. The van der Waals surface area contributed by atoms with Gasteiger partial charge in [0.2, 0.25) is 11.8 Å². The van der Waals surface area contributed by atoms with Crippen LogP contribution in [0.5, 0.6) is 0 Å². The van der Waals surface area contributed by atoms with E-state index >= 15 is 0 Å². The third-order valence-electron chi connectivity index (χ3n) is 5.71. The molecule has 2 amide bonds. The molecule has 0 saturated carbocycles. The van der Waals surface area contributed by atoms with Gasteiger partial charge < -0.3 is 14.4 Å². The number of carbonyl (C=O) groups is 3. The van der Waals surface area contributed by atoms with Crippen molar-refractivity contribution in [3.8, 4) is 0 Å². The molecule has 0 N–H and O–H groups in total. The van der Waals surface area contributed by atoms with Crippen LogP contribution in [0.3, 0.4) is 0 Å². The van der Waals surface area contributed by atoms with Gasteiger partial charge in [-0.05, 0) is 19.4 Å². The predicted molar refractivity (Wildman–Crippen MR) is 107 cm³/mol. The standard InChI is InChI=1S/C21H30N4O3/c1-4-6-25-14-18(12-20(25)27)21(28)24-8-5-7-23(9-10-24)15-19-11-17(16(2)26)13-22(19)3/h4,11,13,18H,1,5-10,12,14-15H2,2-3H3. The normalized spacial score (nSPS) is 21.1. The van der Waals surface area contributed by atoms with Gasteiger partial charge in [0.25, 0.3) is 0 Å². The maximum Gasteiger partial charge on any atom is 0.228 e. The number of aryl methyl sites for hydroxylation is 1. The van der Waals surface area contributed by atoms with Crippen molar-refractivity contribution >= 4 is 17.6 Å². The molecule has 1 aromatic rings. The molecule has 3 heterocycles. The molecule has 152 valence electrons. The van der Waals surface area contributed by atoms with Crippen LogP contribution in [0.2, 0.25) is 0 Å². The number of rotatable bonds is 6. The number of aromatic nitrogens is 1. The Morgan fingerprint density at radius 3 is 2.71 bits per heavy atom. The first-order valence-electron chi connectivity index (χ1n) is 9.95. The van der Waals surface area contributed by atoms with Crippen molar-refractivity contribution in [1.82, 2.24) is 19.3 Å². The molecule has 2 fully saturated rings. The lowest BCUT2D eigenvalue weighted by Crippen LogP contribution is -2.40. The van der Waals surface area contributed by atoms with Crippen LogP contribution in [0.15, 0.2) is 24.9 Å². The first-order chi connectivity index (χ1) is 13.4. The summed E-state index contributed by atoms with van der Waals surface area (Å²) in [5, 5.41) is 0. The van der Waals surface area contributed by atoms with Crippen molar-refractivity contribution in [3.63, 3.8) is 0 Å². The number of nitrogens with zero attached hydrogens (tertiary/aromatic N) is 4. The van der Waals surface area contributed by atoms with Gasteiger partial charge in [-0.15, -0.1) is 6.58 Å². The molecule has 2 aliphatic rings. The molecule has 0 radical (unpaired) electrons. The van der Waals surface area contributed by atoms with Gasteiger partial charge in [0.1, 0.15) is 0 Å². The Morgan fingerprint density at radius 2 is 2.04 bits per heavy atom. The van der Waals surface area contributed by atoms with Crippen LogP contribution >= 0.6 is 0 Å². The smallest absolute Gasteiger partial charge is 0.228 e. The Morgan fingerprint density at radius 1 is 1.25 bits per heavy atom. The van der Waals surface area contributed by atoms with Crippen LogP contribution in [-0.2, 0) is 23.2 Å². The van der Waals surface area contributed by atoms with Gasteiger partial charge >= 0.3 is 0 Å². The second-order valence-electron chi connectivity index (χ2n) is 7.83. The van der Waals surface area contributed by atoms with Crippen LogP contribution in [0.4, 0.5) is 0 Å². The lowest BCUT2D eigenvalue weighted by atomic mass is 10.1. The molecule has 2 saturated heterocycles. The second kappa shape index (κ2) is 8.73. The second-order valence-corrected chi connectivity index (χ2v) is 7.83. The van der Waals surface area contributed by atoms with Gasteiger partial charge in [-0.1, -0.05) is 6.08 Å². The van der Waals surface area contributed by atoms with Gasteiger partial charge in [-0.3, -0.25) is 19.3 Å². The van der Waals surface area contributed by atoms with Crippen LogP contribution < -0.4 is 0 Å². The summed E-state index contributed by atoms with van der Waals surface area (Å²) < 4.78 is 2.00. The molecule has 2 aliphatic heterocycles. The summed E-state index contributed by atoms with van der Waals surface area (Å²) >= 11 is 0. The summed E-state index contributed by atoms with van der Waals surface area (Å²) in [5.41, 5.74) is 1.84. The van der Waals surface area contributed by atoms with E-state index in [1.807, 2.05) is 28.8 Å². The van der Waals surface area contributed by atoms with E-state index in [4.69, 9.17) is 0 Å². The van der Waals surface area contributed by atoms with E-state index in [2.05, 4.69) is 11.5 Å². The lowest BCUT2D eigenvalue weighted by molar-refractivity contribution is -0.135. The van der Waals surface area contributed by atoms with E-state index in [-0.39, 0.29) is 23.5 Å². The highest BCUT2D eigenvalue weighted by atomic mass is 16.2. The van der Waals surface area contributed by atoms with Gasteiger partial charge in [0, 0.05) is 76.7 Å². The summed E-state index contributed by atoms with van der Waals surface area (Å²) in [6.07, 6.45) is 4.80. The minimum atomic E-state index is -0.231. The van der Waals surface area contributed by atoms with Crippen LogP contribution in [0, 0.1) is 5.92 Å². The monoisotopic (exact) mass is 386 g/mol. The lowest BCUT2D eigenvalue weighted by Gasteiger charge is -2.24. The third-order valence-corrected chi connectivity index (χ3v) is 5.71. The highest BCUT2D eigenvalue weighted by Gasteiger charge is 2.36. The van der Waals surface area contributed by atoms with Crippen molar-refractivity contribution in [2.45, 2.75) is 26.3 Å². The van der Waals surface area contributed by atoms with Crippen LogP contribution in [0.1, 0.15) is 35.8 Å². The summed E-state index contributed by atoms with van der Waals surface area (Å²) in [6, 6.07) is 1.95.